The maximum Gasteiger partial charge on any atom is 0.321 e. The summed E-state index contributed by atoms with van der Waals surface area (Å²) in [5, 5.41) is 11.9. The van der Waals surface area contributed by atoms with Gasteiger partial charge < -0.3 is 20.1 Å². The van der Waals surface area contributed by atoms with Crippen molar-refractivity contribution in [2.24, 2.45) is 5.92 Å². The summed E-state index contributed by atoms with van der Waals surface area (Å²) in [6, 6.07) is 14.5. The summed E-state index contributed by atoms with van der Waals surface area (Å²) < 4.78 is 5.89. The molecule has 1 aliphatic heterocycles. The lowest BCUT2D eigenvalue weighted by Crippen LogP contribution is -2.33. The minimum absolute atomic E-state index is 0.224. The first-order valence-electron chi connectivity index (χ1n) is 8.15. The van der Waals surface area contributed by atoms with E-state index in [-0.39, 0.29) is 12.6 Å². The fraction of sp³-hybridized carbons (Fsp3) is 0.263. The molecule has 1 aliphatic rings. The zero-order valence-electron chi connectivity index (χ0n) is 13.9. The van der Waals surface area contributed by atoms with Crippen molar-refractivity contribution < 1.29 is 19.4 Å². The lowest BCUT2D eigenvalue weighted by atomic mass is 10.1. The van der Waals surface area contributed by atoms with E-state index in [9.17, 15) is 9.59 Å². The Morgan fingerprint density at radius 3 is 2.72 bits per heavy atom. The Kier molecular flexibility index (Phi) is 4.88. The van der Waals surface area contributed by atoms with Crippen molar-refractivity contribution in [1.29, 1.82) is 0 Å². The minimum atomic E-state index is -0.863. The molecular weight excluding hydrogens is 320 g/mol. The van der Waals surface area contributed by atoms with Crippen LogP contribution in [-0.4, -0.2) is 35.1 Å². The van der Waals surface area contributed by atoms with Gasteiger partial charge in [-0.1, -0.05) is 24.3 Å². The third-order valence-corrected chi connectivity index (χ3v) is 4.17. The van der Waals surface area contributed by atoms with Crippen LogP contribution >= 0.6 is 0 Å². The number of nitrogens with one attached hydrogen (secondary N) is 1. The van der Waals surface area contributed by atoms with Crippen LogP contribution in [0.5, 0.6) is 11.5 Å². The summed E-state index contributed by atoms with van der Waals surface area (Å²) >= 11 is 0. The first kappa shape index (κ1) is 16.8. The molecular formula is C19H20N2O4. The number of amides is 2. The number of rotatable bonds is 4. The second-order valence-corrected chi connectivity index (χ2v) is 6.11. The van der Waals surface area contributed by atoms with Crippen LogP contribution < -0.4 is 10.1 Å². The van der Waals surface area contributed by atoms with Crippen molar-refractivity contribution in [3.05, 3.63) is 54.1 Å². The maximum absolute atomic E-state index is 12.4. The van der Waals surface area contributed by atoms with Crippen LogP contribution in [0.4, 0.5) is 10.5 Å². The zero-order chi connectivity index (χ0) is 17.8. The van der Waals surface area contributed by atoms with Crippen LogP contribution in [0.3, 0.4) is 0 Å². The number of carbonyl (C=O) groups is 2. The number of urea groups is 1. The van der Waals surface area contributed by atoms with Crippen molar-refractivity contribution in [3.63, 3.8) is 0 Å². The Morgan fingerprint density at radius 1 is 1.20 bits per heavy atom. The average molecular weight is 340 g/mol. The van der Waals surface area contributed by atoms with E-state index in [0.717, 1.165) is 5.56 Å². The van der Waals surface area contributed by atoms with Gasteiger partial charge in [0.15, 0.2) is 5.75 Å². The van der Waals surface area contributed by atoms with Crippen LogP contribution in [-0.2, 0) is 4.79 Å². The molecule has 1 heterocycles. The van der Waals surface area contributed by atoms with Gasteiger partial charge in [-0.05, 0) is 43.2 Å². The van der Waals surface area contributed by atoms with Crippen LogP contribution in [0, 0.1) is 12.8 Å². The third kappa shape index (κ3) is 4.09. The van der Waals surface area contributed by atoms with Gasteiger partial charge in [-0.2, -0.15) is 0 Å². The molecule has 3 rings (SSSR count). The Balaban J connectivity index is 1.71. The summed E-state index contributed by atoms with van der Waals surface area (Å²) in [5.74, 6) is -0.132. The highest BCUT2D eigenvalue weighted by Gasteiger charge is 2.31. The molecule has 1 atom stereocenters. The van der Waals surface area contributed by atoms with E-state index in [2.05, 4.69) is 5.32 Å². The number of hydrogen-bond donors (Lipinski definition) is 2. The summed E-state index contributed by atoms with van der Waals surface area (Å²) in [6.45, 7) is 2.64. The molecule has 2 aromatic rings. The number of likely N-dealkylation sites (tertiary alicyclic amines) is 1. The molecule has 2 N–H and O–H groups in total. The Labute approximate surface area is 146 Å². The molecule has 6 nitrogen and oxygen atoms in total. The van der Waals surface area contributed by atoms with Gasteiger partial charge in [0.1, 0.15) is 5.75 Å². The van der Waals surface area contributed by atoms with Crippen LogP contribution in [0.15, 0.2) is 48.5 Å². The first-order valence-corrected chi connectivity index (χ1v) is 8.15. The van der Waals surface area contributed by atoms with E-state index in [1.807, 2.05) is 43.3 Å². The van der Waals surface area contributed by atoms with Crippen LogP contribution in [0.2, 0.25) is 0 Å². The van der Waals surface area contributed by atoms with Gasteiger partial charge in [-0.25, -0.2) is 4.79 Å². The average Bonchev–Trinajstić information content (AvgIpc) is 3.07. The van der Waals surface area contributed by atoms with Crippen molar-refractivity contribution in [2.75, 3.05) is 18.4 Å². The molecule has 0 aromatic heterocycles. The third-order valence-electron chi connectivity index (χ3n) is 4.17. The fourth-order valence-electron chi connectivity index (χ4n) is 2.81. The Morgan fingerprint density at radius 2 is 2.00 bits per heavy atom. The molecule has 0 saturated carbocycles. The van der Waals surface area contributed by atoms with E-state index in [1.165, 1.54) is 4.90 Å². The monoisotopic (exact) mass is 340 g/mol. The SMILES string of the molecule is Cc1cccc(Oc2ccccc2NC(=O)N2CCC(C(=O)O)C2)c1. The van der Waals surface area contributed by atoms with Crippen molar-refractivity contribution >= 4 is 17.7 Å². The summed E-state index contributed by atoms with van der Waals surface area (Å²) in [7, 11) is 0. The predicted octanol–water partition coefficient (Wildman–Crippen LogP) is 3.73. The first-order chi connectivity index (χ1) is 12.0. The molecule has 1 unspecified atom stereocenters. The maximum atomic E-state index is 12.4. The molecule has 2 aromatic carbocycles. The predicted molar refractivity (Wildman–Crippen MR) is 94.0 cm³/mol. The van der Waals surface area contributed by atoms with Gasteiger partial charge in [0.2, 0.25) is 0 Å². The number of nitrogens with zero attached hydrogens (tertiary/aromatic N) is 1. The Bertz CT molecular complexity index is 790. The lowest BCUT2D eigenvalue weighted by Gasteiger charge is -2.18. The van der Waals surface area contributed by atoms with E-state index >= 15 is 0 Å². The summed E-state index contributed by atoms with van der Waals surface area (Å²) in [5.41, 5.74) is 1.63. The number of ether oxygens (including phenoxy) is 1. The highest BCUT2D eigenvalue weighted by atomic mass is 16.5. The number of benzene rings is 2. The summed E-state index contributed by atoms with van der Waals surface area (Å²) in [4.78, 5) is 25.0. The van der Waals surface area contributed by atoms with E-state index in [1.54, 1.807) is 12.1 Å². The highest BCUT2D eigenvalue weighted by Crippen LogP contribution is 2.30. The number of aliphatic carboxylic acids is 1. The topological polar surface area (TPSA) is 78.9 Å². The van der Waals surface area contributed by atoms with Crippen molar-refractivity contribution in [3.8, 4) is 11.5 Å². The molecule has 0 spiro atoms. The van der Waals surface area contributed by atoms with Gasteiger partial charge in [-0.3, -0.25) is 4.79 Å². The number of carboxylic acid groups (broad SMARTS) is 1. The van der Waals surface area contributed by atoms with Crippen molar-refractivity contribution in [2.45, 2.75) is 13.3 Å². The molecule has 0 radical (unpaired) electrons. The molecule has 0 bridgehead atoms. The number of anilines is 1. The minimum Gasteiger partial charge on any atom is -0.481 e. The number of carbonyl (C=O) groups excluding carboxylic acids is 1. The summed E-state index contributed by atoms with van der Waals surface area (Å²) in [6.07, 6.45) is 0.476. The number of hydrogen-bond acceptors (Lipinski definition) is 3. The second-order valence-electron chi connectivity index (χ2n) is 6.11. The standard InChI is InChI=1S/C19H20N2O4/c1-13-5-4-6-15(11-13)25-17-8-3-2-7-16(17)20-19(24)21-10-9-14(12-21)18(22)23/h2-8,11,14H,9-10,12H2,1H3,(H,20,24)(H,22,23). The van der Waals surface area contributed by atoms with E-state index < -0.39 is 11.9 Å². The number of carboxylic acids is 1. The number of para-hydroxylation sites is 2. The van der Waals surface area contributed by atoms with E-state index in [4.69, 9.17) is 9.84 Å². The van der Waals surface area contributed by atoms with Crippen LogP contribution in [0.1, 0.15) is 12.0 Å². The molecule has 1 saturated heterocycles. The van der Waals surface area contributed by atoms with Gasteiger partial charge in [0.05, 0.1) is 11.6 Å². The van der Waals surface area contributed by atoms with Crippen molar-refractivity contribution in [1.82, 2.24) is 4.90 Å². The quantitative estimate of drug-likeness (QED) is 0.889. The van der Waals surface area contributed by atoms with Gasteiger partial charge in [-0.15, -0.1) is 0 Å². The lowest BCUT2D eigenvalue weighted by molar-refractivity contribution is -0.141. The van der Waals surface area contributed by atoms with Crippen LogP contribution in [0.25, 0.3) is 0 Å². The van der Waals surface area contributed by atoms with E-state index in [0.29, 0.717) is 30.2 Å². The highest BCUT2D eigenvalue weighted by molar-refractivity contribution is 5.91. The van der Waals surface area contributed by atoms with Gasteiger partial charge in [0, 0.05) is 13.1 Å². The molecule has 25 heavy (non-hydrogen) atoms. The molecule has 2 amide bonds. The fourth-order valence-corrected chi connectivity index (χ4v) is 2.81. The molecule has 0 aliphatic carbocycles. The second kappa shape index (κ2) is 7.25. The number of aryl methyl sites for hydroxylation is 1. The molecule has 130 valence electrons. The molecule has 6 heteroatoms. The van der Waals surface area contributed by atoms with Gasteiger partial charge in [0.25, 0.3) is 0 Å². The normalized spacial score (nSPS) is 16.5. The zero-order valence-corrected chi connectivity index (χ0v) is 13.9. The molecule has 1 fully saturated rings. The van der Waals surface area contributed by atoms with Gasteiger partial charge >= 0.3 is 12.0 Å². The largest absolute Gasteiger partial charge is 0.481 e. The Hall–Kier alpha value is -3.02. The smallest absolute Gasteiger partial charge is 0.321 e.